The Morgan fingerprint density at radius 1 is 1.33 bits per heavy atom. The number of nitrogens with two attached hydrogens (primary N) is 1. The third-order valence-corrected chi connectivity index (χ3v) is 1.45. The van der Waals surface area contributed by atoms with Crippen LogP contribution in [-0.4, -0.2) is 12.6 Å². The molecule has 0 saturated heterocycles. The molecule has 0 fully saturated rings. The maximum atomic E-state index is 5.01. The fourth-order valence-corrected chi connectivity index (χ4v) is 0.872. The first kappa shape index (κ1) is 10.7. The van der Waals surface area contributed by atoms with Gasteiger partial charge in [-0.15, -0.1) is 0 Å². The second kappa shape index (κ2) is 4.58. The molecule has 0 aliphatic heterocycles. The average Bonchev–Trinajstić information content (AvgIpc) is 2.04. The predicted molar refractivity (Wildman–Crippen MR) is 48.3 cm³/mol. The van der Waals surface area contributed by atoms with Gasteiger partial charge in [0.1, 0.15) is 0 Å². The summed E-state index contributed by atoms with van der Waals surface area (Å²) in [7, 11) is 1.58. The van der Waals surface area contributed by atoms with Gasteiger partial charge in [0.25, 0.3) is 0 Å². The molecule has 70 valence electrons. The highest BCUT2D eigenvalue weighted by Gasteiger charge is 2.01. The van der Waals surface area contributed by atoms with Crippen molar-refractivity contribution in [2.24, 2.45) is 5.90 Å². The van der Waals surface area contributed by atoms with Gasteiger partial charge in [0, 0.05) is 1.43 Å². The van der Waals surface area contributed by atoms with Crippen LogP contribution < -0.4 is 15.5 Å². The van der Waals surface area contributed by atoms with Crippen LogP contribution in [0, 0.1) is 6.92 Å². The topological polar surface area (TPSA) is 76.0 Å². The number of methoxy groups -OCH3 is 1. The number of hydrogen-bond donors (Lipinski definition) is 1. The fourth-order valence-electron chi connectivity index (χ4n) is 0.872. The van der Waals surface area contributed by atoms with E-state index in [0.717, 1.165) is 5.56 Å². The summed E-state index contributed by atoms with van der Waals surface area (Å²) in [6.07, 6.45) is 0. The van der Waals surface area contributed by atoms with Gasteiger partial charge in [-0.05, 0) is 24.6 Å². The summed E-state index contributed by atoms with van der Waals surface area (Å²) in [5.41, 5.74) is 1.11. The molecule has 1 rings (SSSR count). The monoisotopic (exact) mass is 173 g/mol. The van der Waals surface area contributed by atoms with E-state index in [4.69, 9.17) is 10.6 Å². The van der Waals surface area contributed by atoms with E-state index in [9.17, 15) is 0 Å². The Balaban J connectivity index is 0. The van der Waals surface area contributed by atoms with Crippen molar-refractivity contribution in [3.05, 3.63) is 23.8 Å². The van der Waals surface area contributed by atoms with Crippen LogP contribution in [0.4, 0.5) is 0 Å². The third kappa shape index (κ3) is 2.11. The summed E-state index contributed by atoms with van der Waals surface area (Å²) in [4.78, 5) is 4.57. The van der Waals surface area contributed by atoms with Gasteiger partial charge in [-0.2, -0.15) is 5.90 Å². The summed E-state index contributed by atoms with van der Waals surface area (Å²) in [5.74, 6) is 6.21. The third-order valence-electron chi connectivity index (χ3n) is 1.45. The number of aryl methyl sites for hydroxylation is 1. The molecular formula is C8H15NO3. The first-order chi connectivity index (χ1) is 5.27. The Morgan fingerprint density at radius 2 is 2.00 bits per heavy atom. The molecule has 0 amide bonds. The lowest BCUT2D eigenvalue weighted by atomic mass is 10.2. The van der Waals surface area contributed by atoms with Crippen LogP contribution in [0.15, 0.2) is 18.2 Å². The van der Waals surface area contributed by atoms with E-state index in [1.165, 1.54) is 0 Å². The molecule has 0 saturated carbocycles. The lowest BCUT2D eigenvalue weighted by Crippen LogP contribution is -2.03. The molecule has 0 atom stereocenters. The van der Waals surface area contributed by atoms with E-state index < -0.39 is 0 Å². The first-order valence-corrected chi connectivity index (χ1v) is 3.29. The normalized spacial score (nSPS) is 8.58. The highest BCUT2D eigenvalue weighted by Crippen LogP contribution is 2.26. The summed E-state index contributed by atoms with van der Waals surface area (Å²) in [6.45, 7) is 1.98. The van der Waals surface area contributed by atoms with Crippen LogP contribution in [-0.2, 0) is 0 Å². The zero-order chi connectivity index (χ0) is 8.27. The molecule has 0 bridgehead atoms. The van der Waals surface area contributed by atoms with Crippen molar-refractivity contribution in [3.63, 3.8) is 0 Å². The molecule has 0 unspecified atom stereocenters. The molecule has 4 nitrogen and oxygen atoms in total. The molecular weight excluding hydrogens is 158 g/mol. The second-order valence-electron chi connectivity index (χ2n) is 2.27. The van der Waals surface area contributed by atoms with E-state index in [0.29, 0.717) is 11.5 Å². The highest BCUT2D eigenvalue weighted by atomic mass is 16.6. The predicted octanol–water partition coefficient (Wildman–Crippen LogP) is 0.677. The first-order valence-electron chi connectivity index (χ1n) is 3.29. The van der Waals surface area contributed by atoms with Crippen LogP contribution in [0.2, 0.25) is 0 Å². The average molecular weight is 173 g/mol. The van der Waals surface area contributed by atoms with Crippen molar-refractivity contribution in [2.75, 3.05) is 7.11 Å². The number of rotatable bonds is 2. The highest BCUT2D eigenvalue weighted by molar-refractivity contribution is 5.42. The standard InChI is InChI=1S/C8H11NO2.H2O.H2/c1-6-3-4-7(11-9)8(5-6)10-2;;/h3-5H,9H2,1-2H3;1H2;1H. The minimum absolute atomic E-state index is 0. The van der Waals surface area contributed by atoms with Gasteiger partial charge in [0.2, 0.25) is 0 Å². The molecule has 0 heterocycles. The van der Waals surface area contributed by atoms with E-state index in [1.54, 1.807) is 13.2 Å². The van der Waals surface area contributed by atoms with E-state index >= 15 is 0 Å². The summed E-state index contributed by atoms with van der Waals surface area (Å²) < 4.78 is 5.01. The SMILES string of the molecule is COc1cc(C)ccc1ON.O.[HH]. The Labute approximate surface area is 72.6 Å². The van der Waals surface area contributed by atoms with Crippen molar-refractivity contribution in [1.29, 1.82) is 0 Å². The Bertz CT molecular complexity index is 255. The number of ether oxygens (including phenoxy) is 1. The summed E-state index contributed by atoms with van der Waals surface area (Å²) >= 11 is 0. The molecule has 1 aromatic carbocycles. The maximum absolute atomic E-state index is 5.01. The van der Waals surface area contributed by atoms with Gasteiger partial charge in [-0.3, -0.25) is 0 Å². The van der Waals surface area contributed by atoms with Crippen LogP contribution in [0.3, 0.4) is 0 Å². The van der Waals surface area contributed by atoms with Crippen molar-refractivity contribution in [1.82, 2.24) is 0 Å². The largest absolute Gasteiger partial charge is 0.493 e. The van der Waals surface area contributed by atoms with Gasteiger partial charge in [0.05, 0.1) is 7.11 Å². The molecule has 1 aromatic rings. The lowest BCUT2D eigenvalue weighted by molar-refractivity contribution is 0.306. The van der Waals surface area contributed by atoms with Gasteiger partial charge in [-0.1, -0.05) is 6.07 Å². The molecule has 4 N–H and O–H groups in total. The Kier molecular flexibility index (Phi) is 4.10. The molecule has 12 heavy (non-hydrogen) atoms. The zero-order valence-corrected chi connectivity index (χ0v) is 7.13. The van der Waals surface area contributed by atoms with Crippen molar-refractivity contribution < 1.29 is 16.5 Å². The van der Waals surface area contributed by atoms with Crippen molar-refractivity contribution in [3.8, 4) is 11.5 Å². The van der Waals surface area contributed by atoms with Gasteiger partial charge in [-0.25, -0.2) is 0 Å². The smallest absolute Gasteiger partial charge is 0.188 e. The Hall–Kier alpha value is -1.26. The lowest BCUT2D eigenvalue weighted by Gasteiger charge is -2.05. The van der Waals surface area contributed by atoms with Gasteiger partial charge < -0.3 is 15.1 Å². The number of hydrogen-bond acceptors (Lipinski definition) is 3. The molecule has 0 radical (unpaired) electrons. The minimum Gasteiger partial charge on any atom is -0.493 e. The van der Waals surface area contributed by atoms with Crippen LogP contribution in [0.5, 0.6) is 11.5 Å². The van der Waals surface area contributed by atoms with Crippen LogP contribution >= 0.6 is 0 Å². The number of benzene rings is 1. The fraction of sp³-hybridized carbons (Fsp3) is 0.250. The van der Waals surface area contributed by atoms with Crippen molar-refractivity contribution in [2.45, 2.75) is 6.92 Å². The minimum atomic E-state index is 0. The molecule has 0 aromatic heterocycles. The summed E-state index contributed by atoms with van der Waals surface area (Å²) in [5, 5.41) is 0. The summed E-state index contributed by atoms with van der Waals surface area (Å²) in [6, 6.07) is 5.54. The van der Waals surface area contributed by atoms with E-state index in [-0.39, 0.29) is 6.90 Å². The van der Waals surface area contributed by atoms with Crippen molar-refractivity contribution >= 4 is 0 Å². The molecule has 0 aliphatic rings. The molecule has 0 aliphatic carbocycles. The van der Waals surface area contributed by atoms with Crippen LogP contribution in [0.25, 0.3) is 0 Å². The van der Waals surface area contributed by atoms with Gasteiger partial charge >= 0.3 is 0 Å². The van der Waals surface area contributed by atoms with E-state index in [2.05, 4.69) is 4.84 Å². The molecule has 0 spiro atoms. The maximum Gasteiger partial charge on any atom is 0.188 e. The quantitative estimate of drug-likeness (QED) is 0.668. The van der Waals surface area contributed by atoms with E-state index in [1.807, 2.05) is 19.1 Å². The van der Waals surface area contributed by atoms with Crippen LogP contribution in [0.1, 0.15) is 6.99 Å². The Morgan fingerprint density at radius 3 is 2.50 bits per heavy atom. The van der Waals surface area contributed by atoms with Gasteiger partial charge in [0.15, 0.2) is 11.5 Å². The molecule has 4 heteroatoms. The second-order valence-corrected chi connectivity index (χ2v) is 2.27. The zero-order valence-electron chi connectivity index (χ0n) is 7.13.